The minimum atomic E-state index is 0.209. The van der Waals surface area contributed by atoms with Gasteiger partial charge in [0.2, 0.25) is 0 Å². The third-order valence-corrected chi connectivity index (χ3v) is 4.27. The molecule has 2 heterocycles. The molecule has 0 saturated heterocycles. The molecule has 0 radical (unpaired) electrons. The van der Waals surface area contributed by atoms with Crippen LogP contribution in [0, 0.1) is 0 Å². The van der Waals surface area contributed by atoms with Crippen molar-refractivity contribution in [2.45, 2.75) is 13.0 Å². The van der Waals surface area contributed by atoms with E-state index in [2.05, 4.69) is 53.2 Å². The van der Waals surface area contributed by atoms with Crippen LogP contribution >= 0.6 is 11.3 Å². The molecule has 0 bridgehead atoms. The maximum Gasteiger partial charge on any atom is 0.0622 e. The fraction of sp³-hybridized carbons (Fsp3) is 0.267. The SMILES string of the molecule is CCNC(c1cnn(C)c1)c1cccc2ccsc12. The van der Waals surface area contributed by atoms with E-state index in [9.17, 15) is 0 Å². The highest BCUT2D eigenvalue weighted by molar-refractivity contribution is 7.17. The zero-order valence-corrected chi connectivity index (χ0v) is 11.9. The zero-order valence-electron chi connectivity index (χ0n) is 11.1. The molecular formula is C15H17N3S. The molecule has 0 fully saturated rings. The Morgan fingerprint density at radius 2 is 2.26 bits per heavy atom. The van der Waals surface area contributed by atoms with Crippen LogP contribution in [0.5, 0.6) is 0 Å². The highest BCUT2D eigenvalue weighted by Gasteiger charge is 2.17. The molecule has 4 heteroatoms. The Kier molecular flexibility index (Phi) is 3.36. The molecule has 0 saturated carbocycles. The van der Waals surface area contributed by atoms with Crippen molar-refractivity contribution in [1.29, 1.82) is 0 Å². The molecule has 0 spiro atoms. The summed E-state index contributed by atoms with van der Waals surface area (Å²) >= 11 is 1.80. The Bertz CT molecular complexity index is 683. The lowest BCUT2D eigenvalue weighted by molar-refractivity contribution is 0.634. The van der Waals surface area contributed by atoms with Gasteiger partial charge in [0.05, 0.1) is 12.2 Å². The molecule has 98 valence electrons. The summed E-state index contributed by atoms with van der Waals surface area (Å²) in [6, 6.07) is 8.89. The van der Waals surface area contributed by atoms with Crippen molar-refractivity contribution in [3.05, 3.63) is 53.2 Å². The fourth-order valence-corrected chi connectivity index (χ4v) is 3.39. The molecule has 1 N–H and O–H groups in total. The third-order valence-electron chi connectivity index (χ3n) is 3.29. The summed E-state index contributed by atoms with van der Waals surface area (Å²) in [5.74, 6) is 0. The lowest BCUT2D eigenvalue weighted by Crippen LogP contribution is -2.21. The molecule has 0 aliphatic carbocycles. The number of benzene rings is 1. The van der Waals surface area contributed by atoms with E-state index in [4.69, 9.17) is 0 Å². The summed E-state index contributed by atoms with van der Waals surface area (Å²) in [5.41, 5.74) is 2.55. The van der Waals surface area contributed by atoms with Crippen molar-refractivity contribution in [3.63, 3.8) is 0 Å². The fourth-order valence-electron chi connectivity index (χ4n) is 2.44. The van der Waals surface area contributed by atoms with Crippen LogP contribution in [-0.4, -0.2) is 16.3 Å². The van der Waals surface area contributed by atoms with Gasteiger partial charge in [0.1, 0.15) is 0 Å². The number of thiophene rings is 1. The number of hydrogen-bond donors (Lipinski definition) is 1. The first kappa shape index (κ1) is 12.4. The topological polar surface area (TPSA) is 29.9 Å². The van der Waals surface area contributed by atoms with Gasteiger partial charge in [0, 0.05) is 23.5 Å². The Morgan fingerprint density at radius 1 is 1.37 bits per heavy atom. The second-order valence-corrected chi connectivity index (χ2v) is 5.54. The van der Waals surface area contributed by atoms with Crippen molar-refractivity contribution in [2.75, 3.05) is 6.54 Å². The zero-order chi connectivity index (χ0) is 13.2. The van der Waals surface area contributed by atoms with E-state index in [1.54, 1.807) is 11.3 Å². The van der Waals surface area contributed by atoms with Gasteiger partial charge in [0.15, 0.2) is 0 Å². The van der Waals surface area contributed by atoms with Gasteiger partial charge in [-0.25, -0.2) is 0 Å². The molecule has 1 atom stereocenters. The number of aryl methyl sites for hydroxylation is 1. The van der Waals surface area contributed by atoms with Crippen molar-refractivity contribution < 1.29 is 0 Å². The maximum atomic E-state index is 4.29. The van der Waals surface area contributed by atoms with Crippen LogP contribution in [0.3, 0.4) is 0 Å². The number of nitrogens with one attached hydrogen (secondary N) is 1. The van der Waals surface area contributed by atoms with E-state index < -0.39 is 0 Å². The first-order valence-electron chi connectivity index (χ1n) is 6.47. The molecule has 3 rings (SSSR count). The minimum absolute atomic E-state index is 0.209. The molecule has 3 nitrogen and oxygen atoms in total. The van der Waals surface area contributed by atoms with Crippen LogP contribution in [0.1, 0.15) is 24.1 Å². The highest BCUT2D eigenvalue weighted by atomic mass is 32.1. The van der Waals surface area contributed by atoms with Crippen molar-refractivity contribution >= 4 is 21.4 Å². The predicted octanol–water partition coefficient (Wildman–Crippen LogP) is 3.33. The first-order valence-corrected chi connectivity index (χ1v) is 7.35. The van der Waals surface area contributed by atoms with Crippen LogP contribution in [-0.2, 0) is 7.05 Å². The smallest absolute Gasteiger partial charge is 0.0622 e. The molecule has 0 aliphatic rings. The van der Waals surface area contributed by atoms with Gasteiger partial charge >= 0.3 is 0 Å². The van der Waals surface area contributed by atoms with Gasteiger partial charge in [-0.05, 0) is 28.9 Å². The number of nitrogens with zero attached hydrogens (tertiary/aromatic N) is 2. The predicted molar refractivity (Wildman–Crippen MR) is 80.6 cm³/mol. The van der Waals surface area contributed by atoms with E-state index >= 15 is 0 Å². The number of hydrogen-bond acceptors (Lipinski definition) is 3. The summed E-state index contributed by atoms with van der Waals surface area (Å²) < 4.78 is 3.21. The van der Waals surface area contributed by atoms with Gasteiger partial charge in [-0.3, -0.25) is 4.68 Å². The van der Waals surface area contributed by atoms with Crippen LogP contribution in [0.25, 0.3) is 10.1 Å². The Hall–Kier alpha value is -1.65. The van der Waals surface area contributed by atoms with Crippen molar-refractivity contribution in [2.24, 2.45) is 7.05 Å². The molecule has 19 heavy (non-hydrogen) atoms. The average Bonchev–Trinajstić information content (AvgIpc) is 3.04. The number of fused-ring (bicyclic) bond motifs is 1. The number of rotatable bonds is 4. The summed E-state index contributed by atoms with van der Waals surface area (Å²) in [5, 5.41) is 11.3. The van der Waals surface area contributed by atoms with E-state index in [1.807, 2.05) is 17.9 Å². The normalized spacial score (nSPS) is 12.9. The molecule has 0 aliphatic heterocycles. The quantitative estimate of drug-likeness (QED) is 0.789. The maximum absolute atomic E-state index is 4.29. The lowest BCUT2D eigenvalue weighted by atomic mass is 10.0. The highest BCUT2D eigenvalue weighted by Crippen LogP contribution is 2.32. The van der Waals surface area contributed by atoms with Crippen LogP contribution in [0.4, 0.5) is 0 Å². The third kappa shape index (κ3) is 2.29. The van der Waals surface area contributed by atoms with Gasteiger partial charge in [0.25, 0.3) is 0 Å². The average molecular weight is 271 g/mol. The first-order chi connectivity index (χ1) is 9.29. The number of aromatic nitrogens is 2. The summed E-state index contributed by atoms with van der Waals surface area (Å²) in [7, 11) is 1.96. The minimum Gasteiger partial charge on any atom is -0.306 e. The van der Waals surface area contributed by atoms with Gasteiger partial charge in [-0.15, -0.1) is 11.3 Å². The van der Waals surface area contributed by atoms with Gasteiger partial charge in [-0.2, -0.15) is 5.10 Å². The second kappa shape index (κ2) is 5.15. The van der Waals surface area contributed by atoms with E-state index in [0.717, 1.165) is 6.54 Å². The molecule has 3 aromatic rings. The monoisotopic (exact) mass is 271 g/mol. The standard InChI is InChI=1S/C15H17N3S/c1-3-16-14(12-9-17-18(2)10-12)13-6-4-5-11-7-8-19-15(11)13/h4-10,14,16H,3H2,1-2H3. The molecule has 2 aromatic heterocycles. The van der Waals surface area contributed by atoms with Crippen molar-refractivity contribution in [3.8, 4) is 0 Å². The molecule has 0 amide bonds. The van der Waals surface area contributed by atoms with Gasteiger partial charge in [-0.1, -0.05) is 25.1 Å². The summed E-state index contributed by atoms with van der Waals surface area (Å²) in [6.07, 6.45) is 4.03. The van der Waals surface area contributed by atoms with Crippen LogP contribution in [0.2, 0.25) is 0 Å². The van der Waals surface area contributed by atoms with E-state index in [0.29, 0.717) is 0 Å². The summed E-state index contributed by atoms with van der Waals surface area (Å²) in [6.45, 7) is 3.07. The Morgan fingerprint density at radius 3 is 3.00 bits per heavy atom. The summed E-state index contributed by atoms with van der Waals surface area (Å²) in [4.78, 5) is 0. The van der Waals surface area contributed by atoms with Crippen molar-refractivity contribution in [1.82, 2.24) is 15.1 Å². The Balaban J connectivity index is 2.11. The molecular weight excluding hydrogens is 254 g/mol. The molecule has 1 aromatic carbocycles. The largest absolute Gasteiger partial charge is 0.306 e. The van der Waals surface area contributed by atoms with Crippen LogP contribution < -0.4 is 5.32 Å². The van der Waals surface area contributed by atoms with E-state index in [-0.39, 0.29) is 6.04 Å². The Labute approximate surface area is 116 Å². The lowest BCUT2D eigenvalue weighted by Gasteiger charge is -2.17. The van der Waals surface area contributed by atoms with Gasteiger partial charge < -0.3 is 5.32 Å². The second-order valence-electron chi connectivity index (χ2n) is 4.62. The molecule has 1 unspecified atom stereocenters. The van der Waals surface area contributed by atoms with Crippen LogP contribution in [0.15, 0.2) is 42.0 Å². The van der Waals surface area contributed by atoms with E-state index in [1.165, 1.54) is 21.2 Å².